The van der Waals surface area contributed by atoms with E-state index in [1.165, 1.54) is 33.3 Å². The van der Waals surface area contributed by atoms with E-state index in [1.807, 2.05) is 0 Å². The highest BCUT2D eigenvalue weighted by Gasteiger charge is 2.51. The summed E-state index contributed by atoms with van der Waals surface area (Å²) in [6.07, 6.45) is -1.44. The predicted octanol–water partition coefficient (Wildman–Crippen LogP) is 1.14. The second-order valence-electron chi connectivity index (χ2n) is 4.66. The number of ether oxygens (including phenoxy) is 3. The van der Waals surface area contributed by atoms with Gasteiger partial charge in [-0.05, 0) is 12.5 Å². The Morgan fingerprint density at radius 1 is 1.38 bits per heavy atom. The molecular weight excluding hydrogens is 280 g/mol. The molecule has 0 aliphatic carbocycles. The van der Waals surface area contributed by atoms with E-state index >= 15 is 0 Å². The number of aliphatic carboxylic acids is 1. The fourth-order valence-electron chi connectivity index (χ4n) is 2.35. The number of carboxylic acids is 1. The van der Waals surface area contributed by atoms with Gasteiger partial charge in [0, 0.05) is 11.6 Å². The SMILES string of the molecule is CCC(O)(C(=O)O)[C@@H]1OC(=O)c2c(OC)cc(OC)cc21. The molecule has 0 saturated heterocycles. The minimum absolute atomic E-state index is 0.108. The van der Waals surface area contributed by atoms with E-state index in [9.17, 15) is 19.8 Å². The van der Waals surface area contributed by atoms with Gasteiger partial charge in [0.25, 0.3) is 0 Å². The molecule has 0 radical (unpaired) electrons. The van der Waals surface area contributed by atoms with Crippen LogP contribution in [0, 0.1) is 0 Å². The third-order valence-corrected chi connectivity index (χ3v) is 3.62. The fraction of sp³-hybridized carbons (Fsp3) is 0.429. The van der Waals surface area contributed by atoms with Crippen molar-refractivity contribution < 1.29 is 34.0 Å². The van der Waals surface area contributed by atoms with Crippen LogP contribution in [0.15, 0.2) is 12.1 Å². The lowest BCUT2D eigenvalue weighted by Crippen LogP contribution is -2.44. The van der Waals surface area contributed by atoms with Crippen molar-refractivity contribution >= 4 is 11.9 Å². The van der Waals surface area contributed by atoms with E-state index in [0.717, 1.165) is 0 Å². The Bertz CT molecular complexity index is 595. The first-order valence-corrected chi connectivity index (χ1v) is 6.31. The van der Waals surface area contributed by atoms with Crippen LogP contribution in [0.3, 0.4) is 0 Å². The van der Waals surface area contributed by atoms with Gasteiger partial charge in [-0.25, -0.2) is 9.59 Å². The molecule has 0 saturated carbocycles. The summed E-state index contributed by atoms with van der Waals surface area (Å²) in [5, 5.41) is 19.6. The van der Waals surface area contributed by atoms with E-state index < -0.39 is 23.6 Å². The van der Waals surface area contributed by atoms with Gasteiger partial charge in [-0.2, -0.15) is 0 Å². The Morgan fingerprint density at radius 3 is 2.52 bits per heavy atom. The zero-order valence-electron chi connectivity index (χ0n) is 11.9. The van der Waals surface area contributed by atoms with E-state index in [0.29, 0.717) is 5.75 Å². The summed E-state index contributed by atoms with van der Waals surface area (Å²) in [4.78, 5) is 23.4. The quantitative estimate of drug-likeness (QED) is 0.785. The maximum absolute atomic E-state index is 12.0. The Morgan fingerprint density at radius 2 is 2.05 bits per heavy atom. The first-order chi connectivity index (χ1) is 9.88. The van der Waals surface area contributed by atoms with Crippen molar-refractivity contribution in [3.8, 4) is 11.5 Å². The van der Waals surface area contributed by atoms with E-state index in [-0.39, 0.29) is 23.3 Å². The number of carbonyl (C=O) groups is 2. The van der Waals surface area contributed by atoms with Crippen molar-refractivity contribution in [2.45, 2.75) is 25.0 Å². The summed E-state index contributed by atoms with van der Waals surface area (Å²) in [6.45, 7) is 1.50. The Balaban J connectivity index is 2.64. The van der Waals surface area contributed by atoms with Crippen molar-refractivity contribution in [2.75, 3.05) is 14.2 Å². The molecule has 2 rings (SSSR count). The number of aliphatic hydroxyl groups is 1. The average Bonchev–Trinajstić information content (AvgIpc) is 2.82. The molecule has 0 bridgehead atoms. The number of esters is 1. The molecule has 7 heteroatoms. The molecule has 1 aliphatic heterocycles. The highest BCUT2D eigenvalue weighted by molar-refractivity contribution is 5.98. The van der Waals surface area contributed by atoms with Crippen molar-refractivity contribution in [3.63, 3.8) is 0 Å². The molecule has 1 aliphatic rings. The molecule has 1 heterocycles. The number of hydrogen-bond acceptors (Lipinski definition) is 6. The molecule has 21 heavy (non-hydrogen) atoms. The zero-order chi connectivity index (χ0) is 15.8. The van der Waals surface area contributed by atoms with Crippen LogP contribution in [-0.2, 0) is 9.53 Å². The monoisotopic (exact) mass is 296 g/mol. The van der Waals surface area contributed by atoms with E-state index in [2.05, 4.69) is 0 Å². The maximum Gasteiger partial charge on any atom is 0.343 e. The Kier molecular flexibility index (Phi) is 3.78. The van der Waals surface area contributed by atoms with Gasteiger partial charge < -0.3 is 24.4 Å². The molecule has 0 spiro atoms. The number of cyclic esters (lactones) is 1. The lowest BCUT2D eigenvalue weighted by Gasteiger charge is -2.27. The van der Waals surface area contributed by atoms with Crippen LogP contribution in [0.25, 0.3) is 0 Å². The normalized spacial score (nSPS) is 19.4. The van der Waals surface area contributed by atoms with Crippen molar-refractivity contribution in [3.05, 3.63) is 23.3 Å². The number of benzene rings is 1. The van der Waals surface area contributed by atoms with Crippen LogP contribution in [-0.4, -0.2) is 42.0 Å². The van der Waals surface area contributed by atoms with E-state index in [1.54, 1.807) is 0 Å². The van der Waals surface area contributed by atoms with Crippen LogP contribution in [0.4, 0.5) is 0 Å². The summed E-state index contributed by atoms with van der Waals surface area (Å²) >= 11 is 0. The van der Waals surface area contributed by atoms with Crippen LogP contribution >= 0.6 is 0 Å². The zero-order valence-corrected chi connectivity index (χ0v) is 11.9. The number of methoxy groups -OCH3 is 2. The molecule has 1 aromatic rings. The maximum atomic E-state index is 12.0. The smallest absolute Gasteiger partial charge is 0.343 e. The van der Waals surface area contributed by atoms with Gasteiger partial charge in [0.2, 0.25) is 5.60 Å². The van der Waals surface area contributed by atoms with Gasteiger partial charge in [-0.1, -0.05) is 6.92 Å². The highest BCUT2D eigenvalue weighted by atomic mass is 16.6. The van der Waals surface area contributed by atoms with Crippen molar-refractivity contribution in [1.82, 2.24) is 0 Å². The first-order valence-electron chi connectivity index (χ1n) is 6.31. The van der Waals surface area contributed by atoms with Gasteiger partial charge in [-0.15, -0.1) is 0 Å². The van der Waals surface area contributed by atoms with Crippen molar-refractivity contribution in [1.29, 1.82) is 0 Å². The summed E-state index contributed by atoms with van der Waals surface area (Å²) in [5.74, 6) is -1.61. The standard InChI is InChI=1S/C14H16O7/c1-4-14(18,13(16)17)11-8-5-7(19-2)6-9(20-3)10(8)12(15)21-11/h5-6,11,18H,4H2,1-3H3,(H,16,17)/t11-,14?/m1/s1. The van der Waals surface area contributed by atoms with Gasteiger partial charge in [0.15, 0.2) is 6.10 Å². The predicted molar refractivity (Wildman–Crippen MR) is 70.6 cm³/mol. The molecule has 1 unspecified atom stereocenters. The van der Waals surface area contributed by atoms with Crippen LogP contribution in [0.5, 0.6) is 11.5 Å². The van der Waals surface area contributed by atoms with Gasteiger partial charge >= 0.3 is 11.9 Å². The second kappa shape index (κ2) is 5.25. The van der Waals surface area contributed by atoms with E-state index in [4.69, 9.17) is 14.2 Å². The number of hydrogen-bond donors (Lipinski definition) is 2. The second-order valence-corrected chi connectivity index (χ2v) is 4.66. The third kappa shape index (κ3) is 2.19. The molecular formula is C14H16O7. The molecule has 1 aromatic carbocycles. The molecule has 0 fully saturated rings. The summed E-state index contributed by atoms with van der Waals surface area (Å²) in [6, 6.07) is 2.96. The third-order valence-electron chi connectivity index (χ3n) is 3.62. The molecule has 0 aromatic heterocycles. The lowest BCUT2D eigenvalue weighted by atomic mass is 9.87. The lowest BCUT2D eigenvalue weighted by molar-refractivity contribution is -0.172. The number of carboxylic acid groups (broad SMARTS) is 1. The first kappa shape index (κ1) is 15.1. The molecule has 0 amide bonds. The van der Waals surface area contributed by atoms with Crippen LogP contribution in [0.2, 0.25) is 0 Å². The average molecular weight is 296 g/mol. The number of rotatable bonds is 5. The Labute approximate surface area is 121 Å². The Hall–Kier alpha value is -2.28. The largest absolute Gasteiger partial charge is 0.497 e. The molecule has 2 N–H and O–H groups in total. The fourth-order valence-corrected chi connectivity index (χ4v) is 2.35. The minimum Gasteiger partial charge on any atom is -0.497 e. The molecule has 114 valence electrons. The van der Waals surface area contributed by atoms with Gasteiger partial charge in [0.1, 0.15) is 17.1 Å². The number of carbonyl (C=O) groups excluding carboxylic acids is 1. The highest BCUT2D eigenvalue weighted by Crippen LogP contribution is 2.45. The molecule has 2 atom stereocenters. The summed E-state index contributed by atoms with van der Waals surface area (Å²) in [7, 11) is 2.80. The molecule has 7 nitrogen and oxygen atoms in total. The summed E-state index contributed by atoms with van der Waals surface area (Å²) < 4.78 is 15.3. The minimum atomic E-state index is -2.21. The van der Waals surface area contributed by atoms with Gasteiger partial charge in [-0.3, -0.25) is 0 Å². The van der Waals surface area contributed by atoms with Crippen LogP contribution < -0.4 is 9.47 Å². The summed E-state index contributed by atoms with van der Waals surface area (Å²) in [5.41, 5.74) is -1.86. The number of fused-ring (bicyclic) bond motifs is 1. The van der Waals surface area contributed by atoms with Crippen LogP contribution in [0.1, 0.15) is 35.4 Å². The van der Waals surface area contributed by atoms with Crippen molar-refractivity contribution in [2.24, 2.45) is 0 Å². The topological polar surface area (TPSA) is 102 Å². The van der Waals surface area contributed by atoms with Gasteiger partial charge in [0.05, 0.1) is 14.2 Å².